The number of ether oxygens (including phenoxy) is 1. The molecule has 2 rings (SSSR count). The zero-order valence-corrected chi connectivity index (χ0v) is 11.3. The summed E-state index contributed by atoms with van der Waals surface area (Å²) < 4.78 is 5.31. The van der Waals surface area contributed by atoms with Gasteiger partial charge in [-0.2, -0.15) is 4.98 Å². The van der Waals surface area contributed by atoms with E-state index in [0.717, 1.165) is 6.20 Å². The Bertz CT molecular complexity index is 512. The number of aromatic nitrogens is 2. The molecule has 0 bridgehead atoms. The zero-order chi connectivity index (χ0) is 14.8. The van der Waals surface area contributed by atoms with Crippen molar-refractivity contribution in [2.24, 2.45) is 0 Å². The van der Waals surface area contributed by atoms with Crippen LogP contribution in [0, 0.1) is 10.1 Å². The van der Waals surface area contributed by atoms with Gasteiger partial charge in [0.2, 0.25) is 11.8 Å². The van der Waals surface area contributed by atoms with Gasteiger partial charge in [0.05, 0.1) is 11.0 Å². The van der Waals surface area contributed by atoms with E-state index in [9.17, 15) is 15.2 Å². The second kappa shape index (κ2) is 5.55. The highest BCUT2D eigenvalue weighted by Gasteiger charge is 2.39. The van der Waals surface area contributed by atoms with E-state index in [2.05, 4.69) is 20.6 Å². The third-order valence-corrected chi connectivity index (χ3v) is 3.41. The summed E-state index contributed by atoms with van der Waals surface area (Å²) in [5.74, 6) is 0.336. The molecular weight excluding hydrogens is 266 g/mol. The molecular formula is C11H17N5O4. The van der Waals surface area contributed by atoms with Crippen LogP contribution in [0.15, 0.2) is 6.20 Å². The Morgan fingerprint density at radius 1 is 1.70 bits per heavy atom. The lowest BCUT2D eigenvalue weighted by Gasteiger charge is -2.26. The topological polar surface area (TPSA) is 122 Å². The van der Waals surface area contributed by atoms with E-state index < -0.39 is 10.5 Å². The minimum Gasteiger partial charge on any atom is -0.385 e. The fraction of sp³-hybridized carbons (Fsp3) is 0.636. The molecule has 1 fully saturated rings. The zero-order valence-electron chi connectivity index (χ0n) is 11.3. The van der Waals surface area contributed by atoms with Gasteiger partial charge in [-0.3, -0.25) is 10.1 Å². The molecule has 2 unspecified atom stereocenters. The average molecular weight is 283 g/mol. The minimum absolute atomic E-state index is 0.0712. The van der Waals surface area contributed by atoms with Crippen LogP contribution in [0.3, 0.4) is 0 Å². The maximum atomic E-state index is 10.9. The lowest BCUT2D eigenvalue weighted by Crippen LogP contribution is -2.43. The average Bonchev–Trinajstić information content (AvgIpc) is 2.76. The van der Waals surface area contributed by atoms with Crippen molar-refractivity contribution in [3.63, 3.8) is 0 Å². The van der Waals surface area contributed by atoms with Gasteiger partial charge in [0.15, 0.2) is 0 Å². The third kappa shape index (κ3) is 2.78. The second-order valence-corrected chi connectivity index (χ2v) is 4.65. The summed E-state index contributed by atoms with van der Waals surface area (Å²) in [6.45, 7) is 2.35. The van der Waals surface area contributed by atoms with Gasteiger partial charge in [0.25, 0.3) is 0 Å². The van der Waals surface area contributed by atoms with E-state index in [1.54, 1.807) is 14.0 Å². The number of aliphatic hydroxyl groups is 1. The van der Waals surface area contributed by atoms with Gasteiger partial charge in [-0.25, -0.2) is 4.98 Å². The predicted octanol–water partition coefficient (Wildman–Crippen LogP) is 0.378. The lowest BCUT2D eigenvalue weighted by molar-refractivity contribution is -0.384. The molecule has 0 aromatic carbocycles. The van der Waals surface area contributed by atoms with Crippen LogP contribution in [0.25, 0.3) is 0 Å². The molecule has 1 aliphatic rings. The van der Waals surface area contributed by atoms with E-state index in [-0.39, 0.29) is 30.1 Å². The summed E-state index contributed by atoms with van der Waals surface area (Å²) in [4.78, 5) is 18.2. The normalized spacial score (nSPS) is 25.4. The molecule has 1 aromatic rings. The largest absolute Gasteiger partial charge is 0.385 e. The van der Waals surface area contributed by atoms with Crippen molar-refractivity contribution >= 4 is 17.5 Å². The molecule has 110 valence electrons. The quantitative estimate of drug-likeness (QED) is 0.523. The summed E-state index contributed by atoms with van der Waals surface area (Å²) in [5, 5.41) is 26.8. The molecule has 20 heavy (non-hydrogen) atoms. The SMILES string of the molecule is CNc1ncc([N+](=O)[O-])c(NCC2(O)CCOC2C)n1. The van der Waals surface area contributed by atoms with Crippen molar-refractivity contribution in [3.05, 3.63) is 16.3 Å². The molecule has 0 spiro atoms. The Labute approximate surface area is 115 Å². The molecule has 3 N–H and O–H groups in total. The molecule has 9 nitrogen and oxygen atoms in total. The maximum Gasteiger partial charge on any atom is 0.329 e. The molecule has 0 aliphatic carbocycles. The van der Waals surface area contributed by atoms with Crippen LogP contribution in [0.2, 0.25) is 0 Å². The van der Waals surface area contributed by atoms with E-state index >= 15 is 0 Å². The second-order valence-electron chi connectivity index (χ2n) is 4.65. The van der Waals surface area contributed by atoms with Gasteiger partial charge in [0, 0.05) is 26.6 Å². The molecule has 0 radical (unpaired) electrons. The molecule has 2 heterocycles. The standard InChI is InChI=1S/C11H17N5O4/c1-7-11(17,3-4-20-7)6-14-9-8(16(18)19)5-13-10(12-2)15-9/h5,7,17H,3-4,6H2,1-2H3,(H2,12,13,14,15). The van der Waals surface area contributed by atoms with Gasteiger partial charge in [0.1, 0.15) is 11.8 Å². The summed E-state index contributed by atoms with van der Waals surface area (Å²) in [7, 11) is 1.62. The number of anilines is 2. The van der Waals surface area contributed by atoms with Crippen molar-refractivity contribution in [1.29, 1.82) is 0 Å². The first kappa shape index (κ1) is 14.4. The smallest absolute Gasteiger partial charge is 0.329 e. The summed E-state index contributed by atoms with van der Waals surface area (Å²) >= 11 is 0. The van der Waals surface area contributed by atoms with E-state index in [1.165, 1.54) is 0 Å². The van der Waals surface area contributed by atoms with Crippen LogP contribution in [-0.2, 0) is 4.74 Å². The van der Waals surface area contributed by atoms with Gasteiger partial charge >= 0.3 is 5.69 Å². The highest BCUT2D eigenvalue weighted by atomic mass is 16.6. The fourth-order valence-electron chi connectivity index (χ4n) is 2.00. The van der Waals surface area contributed by atoms with Crippen molar-refractivity contribution < 1.29 is 14.8 Å². The maximum absolute atomic E-state index is 10.9. The van der Waals surface area contributed by atoms with Crippen LogP contribution in [-0.4, -0.2) is 51.9 Å². The van der Waals surface area contributed by atoms with Crippen LogP contribution < -0.4 is 10.6 Å². The summed E-state index contributed by atoms with van der Waals surface area (Å²) in [6, 6.07) is 0. The fourth-order valence-corrected chi connectivity index (χ4v) is 2.00. The van der Waals surface area contributed by atoms with E-state index in [4.69, 9.17) is 4.74 Å². The minimum atomic E-state index is -1.06. The van der Waals surface area contributed by atoms with Gasteiger partial charge in [-0.1, -0.05) is 0 Å². The Morgan fingerprint density at radius 2 is 2.45 bits per heavy atom. The summed E-state index contributed by atoms with van der Waals surface area (Å²) in [6.07, 6.45) is 1.26. The van der Waals surface area contributed by atoms with Crippen LogP contribution >= 0.6 is 0 Å². The van der Waals surface area contributed by atoms with E-state index in [1.807, 2.05) is 0 Å². The molecule has 1 aliphatic heterocycles. The lowest BCUT2D eigenvalue weighted by atomic mass is 9.97. The highest BCUT2D eigenvalue weighted by Crippen LogP contribution is 2.28. The van der Waals surface area contributed by atoms with Crippen molar-refractivity contribution in [3.8, 4) is 0 Å². The first-order valence-electron chi connectivity index (χ1n) is 6.23. The molecule has 2 atom stereocenters. The van der Waals surface area contributed by atoms with Gasteiger partial charge < -0.3 is 20.5 Å². The Kier molecular flexibility index (Phi) is 4.00. The monoisotopic (exact) mass is 283 g/mol. The predicted molar refractivity (Wildman–Crippen MR) is 71.7 cm³/mol. The Morgan fingerprint density at radius 3 is 3.00 bits per heavy atom. The van der Waals surface area contributed by atoms with Crippen molar-refractivity contribution in [2.45, 2.75) is 25.0 Å². The number of nitrogens with one attached hydrogen (secondary N) is 2. The number of rotatable bonds is 5. The van der Waals surface area contributed by atoms with Crippen molar-refractivity contribution in [1.82, 2.24) is 9.97 Å². The molecule has 0 amide bonds. The Hall–Kier alpha value is -2.00. The third-order valence-electron chi connectivity index (χ3n) is 3.41. The number of hydrogen-bond donors (Lipinski definition) is 3. The van der Waals surface area contributed by atoms with Crippen LogP contribution in [0.4, 0.5) is 17.5 Å². The number of nitro groups is 1. The molecule has 1 aromatic heterocycles. The van der Waals surface area contributed by atoms with Gasteiger partial charge in [-0.05, 0) is 6.92 Å². The van der Waals surface area contributed by atoms with Crippen LogP contribution in [0.1, 0.15) is 13.3 Å². The van der Waals surface area contributed by atoms with Crippen molar-refractivity contribution in [2.75, 3.05) is 30.8 Å². The summed E-state index contributed by atoms with van der Waals surface area (Å²) in [5.41, 5.74) is -1.29. The molecule has 1 saturated heterocycles. The molecule has 0 saturated carbocycles. The number of hydrogen-bond acceptors (Lipinski definition) is 8. The highest BCUT2D eigenvalue weighted by molar-refractivity contribution is 5.57. The first-order chi connectivity index (χ1) is 9.46. The first-order valence-corrected chi connectivity index (χ1v) is 6.23. The Balaban J connectivity index is 2.17. The van der Waals surface area contributed by atoms with Gasteiger partial charge in [-0.15, -0.1) is 0 Å². The number of nitrogens with zero attached hydrogens (tertiary/aromatic N) is 3. The molecule has 9 heteroatoms. The van der Waals surface area contributed by atoms with Crippen LogP contribution in [0.5, 0.6) is 0 Å². The van der Waals surface area contributed by atoms with E-state index in [0.29, 0.717) is 13.0 Å².